The van der Waals surface area contributed by atoms with Crippen LogP contribution in [0.25, 0.3) is 0 Å². The van der Waals surface area contributed by atoms with E-state index in [-0.39, 0.29) is 10.2 Å². The molecule has 0 spiro atoms. The predicted octanol–water partition coefficient (Wildman–Crippen LogP) is 3.15. The van der Waals surface area contributed by atoms with Gasteiger partial charge in [-0.05, 0) is 28.1 Å². The zero-order valence-electron chi connectivity index (χ0n) is 7.31. The first-order valence-corrected chi connectivity index (χ1v) is 4.54. The molecule has 0 aromatic carbocycles. The number of hydrogen-bond acceptors (Lipinski definition) is 2. The lowest BCUT2D eigenvalue weighted by molar-refractivity contribution is -0.0884. The first-order valence-electron chi connectivity index (χ1n) is 3.75. The minimum atomic E-state index is -4.73. The van der Waals surface area contributed by atoms with Crippen LogP contribution >= 0.6 is 15.9 Å². The Morgan fingerprint density at radius 2 is 2.07 bits per heavy atom. The molecule has 15 heavy (non-hydrogen) atoms. The standard InChI is InChI=1S/C9H5BrF3NO/c1-5(9(11,12)13)8(15)7-6(10)3-2-4-14-7/h2-4H,1H2. The van der Waals surface area contributed by atoms with E-state index in [9.17, 15) is 18.0 Å². The molecule has 1 heterocycles. The summed E-state index contributed by atoms with van der Waals surface area (Å²) in [4.78, 5) is 14.9. The van der Waals surface area contributed by atoms with Gasteiger partial charge in [-0.1, -0.05) is 6.58 Å². The van der Waals surface area contributed by atoms with Crippen molar-refractivity contribution < 1.29 is 18.0 Å². The van der Waals surface area contributed by atoms with Crippen molar-refractivity contribution in [1.29, 1.82) is 0 Å². The average molecular weight is 280 g/mol. The summed E-state index contributed by atoms with van der Waals surface area (Å²) in [5.41, 5.74) is -1.72. The van der Waals surface area contributed by atoms with Crippen molar-refractivity contribution in [1.82, 2.24) is 4.98 Å². The van der Waals surface area contributed by atoms with Gasteiger partial charge in [0, 0.05) is 10.7 Å². The zero-order valence-corrected chi connectivity index (χ0v) is 8.89. The van der Waals surface area contributed by atoms with E-state index in [0.717, 1.165) is 0 Å². The first kappa shape index (κ1) is 11.9. The van der Waals surface area contributed by atoms with Crippen molar-refractivity contribution >= 4 is 21.7 Å². The summed E-state index contributed by atoms with van der Waals surface area (Å²) in [5, 5.41) is 0. The molecule has 0 bridgehead atoms. The van der Waals surface area contributed by atoms with Gasteiger partial charge in [0.15, 0.2) is 0 Å². The Morgan fingerprint density at radius 1 is 1.47 bits per heavy atom. The molecule has 0 aliphatic rings. The molecule has 1 aromatic rings. The SMILES string of the molecule is C=C(C(=O)c1ncccc1Br)C(F)(F)F. The third kappa shape index (κ3) is 2.65. The molecule has 1 rings (SSSR count). The Morgan fingerprint density at radius 3 is 2.53 bits per heavy atom. The van der Waals surface area contributed by atoms with Gasteiger partial charge in [0.2, 0.25) is 5.78 Å². The largest absolute Gasteiger partial charge is 0.419 e. The third-order valence-electron chi connectivity index (χ3n) is 1.59. The molecular weight excluding hydrogens is 275 g/mol. The lowest BCUT2D eigenvalue weighted by Gasteiger charge is -2.08. The van der Waals surface area contributed by atoms with Gasteiger partial charge in [-0.15, -0.1) is 0 Å². The lowest BCUT2D eigenvalue weighted by Crippen LogP contribution is -2.20. The van der Waals surface area contributed by atoms with Crippen LogP contribution in [-0.4, -0.2) is 16.9 Å². The summed E-state index contributed by atoms with van der Waals surface area (Å²) in [5.74, 6) is -1.23. The van der Waals surface area contributed by atoms with Crippen LogP contribution in [0.4, 0.5) is 13.2 Å². The normalized spacial score (nSPS) is 11.2. The highest BCUT2D eigenvalue weighted by atomic mass is 79.9. The number of alkyl halides is 3. The number of ketones is 1. The lowest BCUT2D eigenvalue weighted by atomic mass is 10.1. The quantitative estimate of drug-likeness (QED) is 0.615. The van der Waals surface area contributed by atoms with Crippen LogP contribution in [0.15, 0.2) is 35.0 Å². The van der Waals surface area contributed by atoms with Gasteiger partial charge in [0.25, 0.3) is 0 Å². The molecule has 6 heteroatoms. The molecule has 80 valence electrons. The van der Waals surface area contributed by atoms with Crippen LogP contribution in [0.1, 0.15) is 10.5 Å². The van der Waals surface area contributed by atoms with Crippen LogP contribution < -0.4 is 0 Å². The minimum Gasteiger partial charge on any atom is -0.287 e. The number of nitrogens with zero attached hydrogens (tertiary/aromatic N) is 1. The monoisotopic (exact) mass is 279 g/mol. The molecule has 0 amide bonds. The zero-order chi connectivity index (χ0) is 11.6. The molecule has 0 aliphatic carbocycles. The number of aromatic nitrogens is 1. The fraction of sp³-hybridized carbons (Fsp3) is 0.111. The van der Waals surface area contributed by atoms with Crippen molar-refractivity contribution in [3.05, 3.63) is 40.6 Å². The summed E-state index contributed by atoms with van der Waals surface area (Å²) < 4.78 is 36.7. The van der Waals surface area contributed by atoms with E-state index in [4.69, 9.17) is 0 Å². The van der Waals surface area contributed by atoms with Gasteiger partial charge in [-0.3, -0.25) is 9.78 Å². The molecule has 2 nitrogen and oxygen atoms in total. The van der Waals surface area contributed by atoms with Crippen LogP contribution in [0.5, 0.6) is 0 Å². The van der Waals surface area contributed by atoms with Gasteiger partial charge in [0.1, 0.15) is 5.69 Å². The highest BCUT2D eigenvalue weighted by molar-refractivity contribution is 9.10. The molecule has 1 aromatic heterocycles. The van der Waals surface area contributed by atoms with Crippen molar-refractivity contribution in [3.63, 3.8) is 0 Å². The van der Waals surface area contributed by atoms with Crippen LogP contribution in [0.3, 0.4) is 0 Å². The molecular formula is C9H5BrF3NO. The fourth-order valence-corrected chi connectivity index (χ4v) is 1.26. The van der Waals surface area contributed by atoms with Gasteiger partial charge in [-0.25, -0.2) is 0 Å². The molecule has 0 aliphatic heterocycles. The Kier molecular flexibility index (Phi) is 3.28. The Labute approximate surface area is 91.9 Å². The average Bonchev–Trinajstić information content (AvgIpc) is 2.15. The van der Waals surface area contributed by atoms with Gasteiger partial charge >= 0.3 is 6.18 Å². The number of Topliss-reactive ketones (excluding diaryl/α,β-unsaturated/α-hetero) is 1. The van der Waals surface area contributed by atoms with E-state index in [1.54, 1.807) is 0 Å². The number of carbonyl (C=O) groups excluding carboxylic acids is 1. The number of carbonyl (C=O) groups is 1. The number of hydrogen-bond donors (Lipinski definition) is 0. The predicted molar refractivity (Wildman–Crippen MR) is 51.5 cm³/mol. The Bertz CT molecular complexity index is 414. The van der Waals surface area contributed by atoms with Gasteiger partial charge in [0.05, 0.1) is 5.57 Å². The van der Waals surface area contributed by atoms with Crippen LogP contribution in [-0.2, 0) is 0 Å². The third-order valence-corrected chi connectivity index (χ3v) is 2.23. The van der Waals surface area contributed by atoms with Crippen LogP contribution in [0.2, 0.25) is 0 Å². The van der Waals surface area contributed by atoms with Gasteiger partial charge < -0.3 is 0 Å². The molecule has 0 atom stereocenters. The molecule has 0 saturated heterocycles. The second kappa shape index (κ2) is 4.14. The summed E-state index contributed by atoms with van der Waals surface area (Å²) in [7, 11) is 0. The highest BCUT2D eigenvalue weighted by Gasteiger charge is 2.38. The van der Waals surface area contributed by atoms with E-state index < -0.39 is 17.5 Å². The van der Waals surface area contributed by atoms with Crippen molar-refractivity contribution in [2.45, 2.75) is 6.18 Å². The molecule has 0 radical (unpaired) electrons. The smallest absolute Gasteiger partial charge is 0.287 e. The topological polar surface area (TPSA) is 30.0 Å². The highest BCUT2D eigenvalue weighted by Crippen LogP contribution is 2.28. The van der Waals surface area contributed by atoms with Gasteiger partial charge in [-0.2, -0.15) is 13.2 Å². The van der Waals surface area contributed by atoms with E-state index >= 15 is 0 Å². The fourth-order valence-electron chi connectivity index (χ4n) is 0.824. The van der Waals surface area contributed by atoms with E-state index in [1.807, 2.05) is 0 Å². The summed E-state index contributed by atoms with van der Waals surface area (Å²) >= 11 is 2.94. The van der Waals surface area contributed by atoms with Crippen LogP contribution in [0, 0.1) is 0 Å². The van der Waals surface area contributed by atoms with Crippen molar-refractivity contribution in [2.75, 3.05) is 0 Å². The van der Waals surface area contributed by atoms with E-state index in [0.29, 0.717) is 0 Å². The first-order chi connectivity index (χ1) is 6.84. The maximum atomic E-state index is 12.2. The maximum absolute atomic E-state index is 12.2. The number of halogens is 4. The number of pyridine rings is 1. The number of rotatable bonds is 2. The van der Waals surface area contributed by atoms with E-state index in [2.05, 4.69) is 27.5 Å². The molecule has 0 unspecified atom stereocenters. The molecule has 0 fully saturated rings. The molecule has 0 saturated carbocycles. The second-order valence-electron chi connectivity index (χ2n) is 2.64. The van der Waals surface area contributed by atoms with Crippen molar-refractivity contribution in [3.8, 4) is 0 Å². The summed E-state index contributed by atoms with van der Waals surface area (Å²) in [6, 6.07) is 2.93. The summed E-state index contributed by atoms with van der Waals surface area (Å²) in [6.07, 6.45) is -3.49. The van der Waals surface area contributed by atoms with Crippen molar-refractivity contribution in [2.24, 2.45) is 0 Å². The summed E-state index contributed by atoms with van der Waals surface area (Å²) in [6.45, 7) is 2.71. The second-order valence-corrected chi connectivity index (χ2v) is 3.49. The Balaban J connectivity index is 3.07. The Hall–Kier alpha value is -1.17. The maximum Gasteiger partial charge on any atom is 0.419 e. The minimum absolute atomic E-state index is 0.209. The number of allylic oxidation sites excluding steroid dienone is 1. The molecule has 0 N–H and O–H groups in total. The van der Waals surface area contributed by atoms with E-state index in [1.165, 1.54) is 18.3 Å².